The summed E-state index contributed by atoms with van der Waals surface area (Å²) in [6.07, 6.45) is 8.21. The Morgan fingerprint density at radius 3 is 2.76 bits per heavy atom. The van der Waals surface area contributed by atoms with Crippen LogP contribution < -0.4 is 0 Å². The van der Waals surface area contributed by atoms with Gasteiger partial charge < -0.3 is 10.0 Å². The van der Waals surface area contributed by atoms with Crippen LogP contribution >= 0.6 is 0 Å². The Bertz CT molecular complexity index is 501. The van der Waals surface area contributed by atoms with Crippen LogP contribution in [0, 0.1) is 11.8 Å². The van der Waals surface area contributed by atoms with E-state index in [1.54, 1.807) is 12.4 Å². The Labute approximate surface area is 126 Å². The largest absolute Gasteiger partial charge is 0.387 e. The molecule has 2 heterocycles. The normalized spacial score (nSPS) is 29.4. The minimum absolute atomic E-state index is 0.161. The summed E-state index contributed by atoms with van der Waals surface area (Å²) in [7, 11) is 0. The first kappa shape index (κ1) is 14.5. The molecule has 114 valence electrons. The van der Waals surface area contributed by atoms with Gasteiger partial charge in [0.25, 0.3) is 0 Å². The van der Waals surface area contributed by atoms with Crippen LogP contribution in [-0.2, 0) is 11.2 Å². The number of amides is 1. The molecule has 1 aromatic rings. The fourth-order valence-corrected chi connectivity index (χ4v) is 3.60. The quantitative estimate of drug-likeness (QED) is 0.922. The monoisotopic (exact) mass is 288 g/mol. The maximum Gasteiger partial charge on any atom is 0.223 e. The minimum atomic E-state index is -0.648. The van der Waals surface area contributed by atoms with Crippen LogP contribution in [0.4, 0.5) is 0 Å². The van der Waals surface area contributed by atoms with Gasteiger partial charge in [-0.3, -0.25) is 9.78 Å². The van der Waals surface area contributed by atoms with Gasteiger partial charge in [-0.25, -0.2) is 0 Å². The molecule has 0 unspecified atom stereocenters. The summed E-state index contributed by atoms with van der Waals surface area (Å²) in [6.45, 7) is 3.30. The zero-order valence-corrected chi connectivity index (χ0v) is 12.7. The van der Waals surface area contributed by atoms with Crippen molar-refractivity contribution in [1.82, 2.24) is 9.88 Å². The second-order valence-corrected chi connectivity index (χ2v) is 6.65. The van der Waals surface area contributed by atoms with Crippen LogP contribution in [0.15, 0.2) is 24.5 Å². The molecular formula is C17H24N2O2. The molecule has 4 heteroatoms. The maximum atomic E-state index is 12.4. The molecule has 1 amide bonds. The van der Waals surface area contributed by atoms with Crippen LogP contribution in [0.25, 0.3) is 0 Å². The zero-order chi connectivity index (χ0) is 14.9. The van der Waals surface area contributed by atoms with Crippen LogP contribution in [0.2, 0.25) is 0 Å². The molecule has 1 N–H and O–H groups in total. The van der Waals surface area contributed by atoms with Crippen molar-refractivity contribution in [3.8, 4) is 0 Å². The van der Waals surface area contributed by atoms with E-state index in [9.17, 15) is 9.90 Å². The second kappa shape index (κ2) is 5.76. The third-order valence-corrected chi connectivity index (χ3v) is 5.33. The lowest BCUT2D eigenvalue weighted by Gasteiger charge is -2.41. The average molecular weight is 288 g/mol. The second-order valence-electron chi connectivity index (χ2n) is 6.65. The number of aliphatic hydroxyl groups is 1. The first-order valence-corrected chi connectivity index (χ1v) is 7.98. The summed E-state index contributed by atoms with van der Waals surface area (Å²) in [4.78, 5) is 18.2. The molecule has 1 aliphatic heterocycles. The van der Waals surface area contributed by atoms with Crippen molar-refractivity contribution in [3.63, 3.8) is 0 Å². The molecule has 1 aliphatic carbocycles. The van der Waals surface area contributed by atoms with E-state index in [1.807, 2.05) is 17.0 Å². The first-order valence-electron chi connectivity index (χ1n) is 7.98. The summed E-state index contributed by atoms with van der Waals surface area (Å²) in [6, 6.07) is 3.90. The molecule has 3 rings (SSSR count). The van der Waals surface area contributed by atoms with Crippen LogP contribution in [0.3, 0.4) is 0 Å². The molecule has 2 fully saturated rings. The molecule has 0 spiro atoms. The smallest absolute Gasteiger partial charge is 0.223 e. The van der Waals surface area contributed by atoms with Gasteiger partial charge in [0.15, 0.2) is 0 Å². The van der Waals surface area contributed by atoms with Crippen molar-refractivity contribution < 1.29 is 9.90 Å². The number of carbonyl (C=O) groups is 1. The first-order chi connectivity index (χ1) is 10.1. The molecule has 1 saturated carbocycles. The number of aromatic nitrogens is 1. The Kier molecular flexibility index (Phi) is 3.98. The Morgan fingerprint density at radius 1 is 1.43 bits per heavy atom. The third kappa shape index (κ3) is 2.82. The molecule has 21 heavy (non-hydrogen) atoms. The van der Waals surface area contributed by atoms with E-state index in [0.29, 0.717) is 25.4 Å². The van der Waals surface area contributed by atoms with Gasteiger partial charge in [0, 0.05) is 37.8 Å². The van der Waals surface area contributed by atoms with Gasteiger partial charge >= 0.3 is 0 Å². The van der Waals surface area contributed by atoms with Gasteiger partial charge in [0.1, 0.15) is 0 Å². The number of hydrogen-bond acceptors (Lipinski definition) is 3. The van der Waals surface area contributed by atoms with Gasteiger partial charge in [-0.15, -0.1) is 0 Å². The molecule has 0 aromatic carbocycles. The van der Waals surface area contributed by atoms with Crippen LogP contribution in [-0.4, -0.2) is 39.6 Å². The van der Waals surface area contributed by atoms with E-state index in [-0.39, 0.29) is 11.8 Å². The number of hydrogen-bond donors (Lipinski definition) is 1. The molecule has 0 radical (unpaired) electrons. The highest BCUT2D eigenvalue weighted by atomic mass is 16.3. The van der Waals surface area contributed by atoms with Crippen molar-refractivity contribution in [2.75, 3.05) is 13.1 Å². The number of pyridine rings is 1. The highest BCUT2D eigenvalue weighted by Crippen LogP contribution is 2.44. The molecule has 2 atom stereocenters. The van der Waals surface area contributed by atoms with Crippen molar-refractivity contribution in [3.05, 3.63) is 30.1 Å². The predicted molar refractivity (Wildman–Crippen MR) is 80.6 cm³/mol. The van der Waals surface area contributed by atoms with Gasteiger partial charge in [0.2, 0.25) is 5.91 Å². The number of rotatable bonds is 4. The Hall–Kier alpha value is -1.42. The van der Waals surface area contributed by atoms with Gasteiger partial charge in [-0.1, -0.05) is 13.3 Å². The fraction of sp³-hybridized carbons (Fsp3) is 0.647. The maximum absolute atomic E-state index is 12.4. The Balaban J connectivity index is 1.56. The average Bonchev–Trinajstić information content (AvgIpc) is 2.72. The van der Waals surface area contributed by atoms with E-state index in [4.69, 9.17) is 0 Å². The fourth-order valence-electron chi connectivity index (χ4n) is 3.60. The highest BCUT2D eigenvalue weighted by Gasteiger charge is 2.50. The molecule has 0 bridgehead atoms. The van der Waals surface area contributed by atoms with E-state index in [0.717, 1.165) is 24.8 Å². The lowest BCUT2D eigenvalue weighted by Crippen LogP contribution is -2.48. The standard InChI is InChI=1S/C17H24N2O2/c1-13-11-19(12-17(13,21)15-3-2-4-15)16(20)6-5-14-7-9-18-10-8-14/h7-10,13,15,21H,2-6,11-12H2,1H3/t13-,17+/m1/s1. The molecule has 1 saturated heterocycles. The number of nitrogens with zero attached hydrogens (tertiary/aromatic N) is 2. The number of carbonyl (C=O) groups excluding carboxylic acids is 1. The molecule has 4 nitrogen and oxygen atoms in total. The highest BCUT2D eigenvalue weighted by molar-refractivity contribution is 5.77. The summed E-state index contributed by atoms with van der Waals surface area (Å²) in [5, 5.41) is 10.9. The SMILES string of the molecule is C[C@@H]1CN(C(=O)CCc2ccncc2)C[C@@]1(O)C1CCC1. The lowest BCUT2D eigenvalue weighted by molar-refractivity contribution is -0.132. The third-order valence-electron chi connectivity index (χ3n) is 5.33. The number of aryl methyl sites for hydroxylation is 1. The van der Waals surface area contributed by atoms with Crippen molar-refractivity contribution in [1.29, 1.82) is 0 Å². The van der Waals surface area contributed by atoms with E-state index in [1.165, 1.54) is 6.42 Å². The predicted octanol–water partition coefficient (Wildman–Crippen LogP) is 2.02. The summed E-state index contributed by atoms with van der Waals surface area (Å²) >= 11 is 0. The van der Waals surface area contributed by atoms with Crippen molar-refractivity contribution in [2.24, 2.45) is 11.8 Å². The lowest BCUT2D eigenvalue weighted by atomic mass is 9.69. The molecule has 1 aromatic heterocycles. The van der Waals surface area contributed by atoms with E-state index in [2.05, 4.69) is 11.9 Å². The number of β-amino-alcohol motifs (C(OH)–C–C–N with tert-alkyl or cyclic N) is 1. The van der Waals surface area contributed by atoms with Crippen LogP contribution in [0.1, 0.15) is 38.2 Å². The Morgan fingerprint density at radius 2 is 2.14 bits per heavy atom. The van der Waals surface area contributed by atoms with Gasteiger partial charge in [-0.2, -0.15) is 0 Å². The summed E-state index contributed by atoms with van der Waals surface area (Å²) < 4.78 is 0. The van der Waals surface area contributed by atoms with Crippen molar-refractivity contribution >= 4 is 5.91 Å². The zero-order valence-electron chi connectivity index (χ0n) is 12.7. The van der Waals surface area contributed by atoms with Crippen molar-refractivity contribution in [2.45, 2.75) is 44.6 Å². The summed E-state index contributed by atoms with van der Waals surface area (Å²) in [5.41, 5.74) is 0.491. The van der Waals surface area contributed by atoms with E-state index < -0.39 is 5.60 Å². The summed E-state index contributed by atoms with van der Waals surface area (Å²) in [5.74, 6) is 0.743. The molecule has 2 aliphatic rings. The van der Waals surface area contributed by atoms with Gasteiger partial charge in [-0.05, 0) is 42.9 Å². The molecular weight excluding hydrogens is 264 g/mol. The topological polar surface area (TPSA) is 53.4 Å². The van der Waals surface area contributed by atoms with Crippen LogP contribution in [0.5, 0.6) is 0 Å². The minimum Gasteiger partial charge on any atom is -0.387 e. The van der Waals surface area contributed by atoms with Gasteiger partial charge in [0.05, 0.1) is 5.60 Å². The number of likely N-dealkylation sites (tertiary alicyclic amines) is 1. The van der Waals surface area contributed by atoms with E-state index >= 15 is 0 Å².